The van der Waals surface area contributed by atoms with E-state index in [1.807, 2.05) is 20.8 Å². The number of nitro groups is 1. The monoisotopic (exact) mass is 376 g/mol. The van der Waals surface area contributed by atoms with Gasteiger partial charge in [-0.3, -0.25) is 14.9 Å². The van der Waals surface area contributed by atoms with Crippen LogP contribution in [0, 0.1) is 21.8 Å². The molecule has 2 aromatic rings. The fourth-order valence-electron chi connectivity index (χ4n) is 2.23. The predicted octanol–water partition coefficient (Wildman–Crippen LogP) is 4.42. The molecule has 0 fully saturated rings. The van der Waals surface area contributed by atoms with Gasteiger partial charge in [0.25, 0.3) is 5.91 Å². The van der Waals surface area contributed by atoms with E-state index in [0.29, 0.717) is 30.6 Å². The van der Waals surface area contributed by atoms with Crippen LogP contribution in [-0.4, -0.2) is 24.0 Å². The summed E-state index contributed by atoms with van der Waals surface area (Å²) in [6.07, 6.45) is 0. The molecule has 0 radical (unpaired) electrons. The number of carbonyl (C=O) groups is 1. The largest absolute Gasteiger partial charge is 0.490 e. The van der Waals surface area contributed by atoms with E-state index in [1.165, 1.54) is 12.1 Å². The zero-order valence-corrected chi connectivity index (χ0v) is 15.3. The molecule has 0 aromatic heterocycles. The van der Waals surface area contributed by atoms with E-state index in [-0.39, 0.29) is 11.3 Å². The number of nitrogens with one attached hydrogen (secondary N) is 1. The number of benzene rings is 2. The fourth-order valence-corrected chi connectivity index (χ4v) is 2.23. The molecule has 144 valence electrons. The summed E-state index contributed by atoms with van der Waals surface area (Å²) in [5.74, 6) is -0.192. The quantitative estimate of drug-likeness (QED) is 0.544. The lowest BCUT2D eigenvalue weighted by Gasteiger charge is -2.14. The van der Waals surface area contributed by atoms with Gasteiger partial charge in [0.15, 0.2) is 11.5 Å². The van der Waals surface area contributed by atoms with Gasteiger partial charge in [-0.1, -0.05) is 13.8 Å². The molecule has 7 nitrogen and oxygen atoms in total. The SMILES string of the molecule is CCOc1cc(C(=O)Nc2ccc(F)c([N+](=O)[O-])c2)ccc1OCC(C)C. The summed E-state index contributed by atoms with van der Waals surface area (Å²) in [7, 11) is 0. The number of hydrogen-bond acceptors (Lipinski definition) is 5. The summed E-state index contributed by atoms with van der Waals surface area (Å²) >= 11 is 0. The summed E-state index contributed by atoms with van der Waals surface area (Å²) in [4.78, 5) is 22.4. The van der Waals surface area contributed by atoms with Crippen LogP contribution in [-0.2, 0) is 0 Å². The highest BCUT2D eigenvalue weighted by atomic mass is 19.1. The van der Waals surface area contributed by atoms with Crippen molar-refractivity contribution in [2.75, 3.05) is 18.5 Å². The Morgan fingerprint density at radius 3 is 2.56 bits per heavy atom. The maximum Gasteiger partial charge on any atom is 0.306 e. The van der Waals surface area contributed by atoms with Crippen molar-refractivity contribution in [3.8, 4) is 11.5 Å². The van der Waals surface area contributed by atoms with Gasteiger partial charge in [0.2, 0.25) is 5.82 Å². The molecule has 1 amide bonds. The van der Waals surface area contributed by atoms with Crippen molar-refractivity contribution in [3.05, 3.63) is 57.9 Å². The molecule has 0 spiro atoms. The molecule has 8 heteroatoms. The van der Waals surface area contributed by atoms with Crippen molar-refractivity contribution in [1.29, 1.82) is 0 Å². The van der Waals surface area contributed by atoms with E-state index in [1.54, 1.807) is 12.1 Å². The highest BCUT2D eigenvalue weighted by molar-refractivity contribution is 6.04. The van der Waals surface area contributed by atoms with E-state index >= 15 is 0 Å². The summed E-state index contributed by atoms with van der Waals surface area (Å²) in [5, 5.41) is 13.3. The minimum absolute atomic E-state index is 0.117. The van der Waals surface area contributed by atoms with Crippen LogP contribution < -0.4 is 14.8 Å². The molecule has 0 aliphatic rings. The number of hydrogen-bond donors (Lipinski definition) is 1. The topological polar surface area (TPSA) is 90.7 Å². The normalized spacial score (nSPS) is 10.6. The molecule has 0 bridgehead atoms. The number of nitro benzene ring substituents is 1. The lowest BCUT2D eigenvalue weighted by atomic mass is 10.1. The lowest BCUT2D eigenvalue weighted by Crippen LogP contribution is -2.13. The molecule has 1 N–H and O–H groups in total. The van der Waals surface area contributed by atoms with Crippen molar-refractivity contribution in [1.82, 2.24) is 0 Å². The Bertz CT molecular complexity index is 839. The summed E-state index contributed by atoms with van der Waals surface area (Å²) in [6.45, 7) is 6.75. The zero-order valence-electron chi connectivity index (χ0n) is 15.3. The van der Waals surface area contributed by atoms with Gasteiger partial charge in [0.1, 0.15) is 0 Å². The molecule has 0 atom stereocenters. The van der Waals surface area contributed by atoms with E-state index in [0.717, 1.165) is 12.1 Å². The lowest BCUT2D eigenvalue weighted by molar-refractivity contribution is -0.387. The van der Waals surface area contributed by atoms with Gasteiger partial charge in [0, 0.05) is 17.3 Å². The van der Waals surface area contributed by atoms with Gasteiger partial charge in [0.05, 0.1) is 18.1 Å². The van der Waals surface area contributed by atoms with Crippen LogP contribution in [0.5, 0.6) is 11.5 Å². The fraction of sp³-hybridized carbons (Fsp3) is 0.316. The van der Waals surface area contributed by atoms with Crippen LogP contribution in [0.3, 0.4) is 0 Å². The molecule has 0 aliphatic heterocycles. The second kappa shape index (κ2) is 8.98. The molecular formula is C19H21FN2O5. The van der Waals surface area contributed by atoms with Gasteiger partial charge in [-0.15, -0.1) is 0 Å². The number of carbonyl (C=O) groups excluding carboxylic acids is 1. The molecule has 0 saturated heterocycles. The number of rotatable bonds is 8. The Kier molecular flexibility index (Phi) is 6.70. The second-order valence-corrected chi connectivity index (χ2v) is 6.18. The minimum atomic E-state index is -0.969. The first-order valence-electron chi connectivity index (χ1n) is 8.46. The van der Waals surface area contributed by atoms with Crippen LogP contribution in [0.25, 0.3) is 0 Å². The average Bonchev–Trinajstić information content (AvgIpc) is 2.62. The van der Waals surface area contributed by atoms with Crippen LogP contribution in [0.15, 0.2) is 36.4 Å². The molecule has 27 heavy (non-hydrogen) atoms. The molecular weight excluding hydrogens is 355 g/mol. The van der Waals surface area contributed by atoms with Gasteiger partial charge < -0.3 is 14.8 Å². The molecule has 0 aliphatic carbocycles. The van der Waals surface area contributed by atoms with E-state index < -0.39 is 22.3 Å². The summed E-state index contributed by atoms with van der Waals surface area (Å²) < 4.78 is 24.6. The van der Waals surface area contributed by atoms with Crippen molar-refractivity contribution >= 4 is 17.3 Å². The third-order valence-corrected chi connectivity index (χ3v) is 3.48. The van der Waals surface area contributed by atoms with Crippen LogP contribution >= 0.6 is 0 Å². The summed E-state index contributed by atoms with van der Waals surface area (Å²) in [5.41, 5.74) is -0.311. The number of halogens is 1. The average molecular weight is 376 g/mol. The molecule has 2 rings (SSSR count). The first-order valence-corrected chi connectivity index (χ1v) is 8.46. The maximum absolute atomic E-state index is 13.4. The number of nitrogens with zero attached hydrogens (tertiary/aromatic N) is 1. The Morgan fingerprint density at radius 2 is 1.93 bits per heavy atom. The number of anilines is 1. The number of ether oxygens (including phenoxy) is 2. The number of amides is 1. The summed E-state index contributed by atoms with van der Waals surface area (Å²) in [6, 6.07) is 7.89. The van der Waals surface area contributed by atoms with E-state index in [4.69, 9.17) is 9.47 Å². The standard InChI is InChI=1S/C19H21FN2O5/c1-4-26-18-9-13(5-8-17(18)27-11-12(2)3)19(23)21-14-6-7-15(20)16(10-14)22(24)25/h5-10,12H,4,11H2,1-3H3,(H,21,23). The van der Waals surface area contributed by atoms with Gasteiger partial charge in [-0.25, -0.2) is 0 Å². The third kappa shape index (κ3) is 5.40. The molecule has 0 saturated carbocycles. The smallest absolute Gasteiger partial charge is 0.306 e. The first-order chi connectivity index (χ1) is 12.8. The maximum atomic E-state index is 13.4. The minimum Gasteiger partial charge on any atom is -0.490 e. The Balaban J connectivity index is 2.22. The van der Waals surface area contributed by atoms with Gasteiger partial charge in [-0.2, -0.15) is 4.39 Å². The molecule has 0 heterocycles. The van der Waals surface area contributed by atoms with Crippen LogP contribution in [0.1, 0.15) is 31.1 Å². The Labute approximate surface area is 156 Å². The first kappa shape index (κ1) is 20.2. The Hall–Kier alpha value is -3.16. The molecule has 2 aromatic carbocycles. The van der Waals surface area contributed by atoms with Crippen molar-refractivity contribution in [2.45, 2.75) is 20.8 Å². The highest BCUT2D eigenvalue weighted by Gasteiger charge is 2.17. The predicted molar refractivity (Wildman–Crippen MR) is 99.0 cm³/mol. The third-order valence-electron chi connectivity index (χ3n) is 3.48. The van der Waals surface area contributed by atoms with Crippen molar-refractivity contribution in [2.24, 2.45) is 5.92 Å². The van der Waals surface area contributed by atoms with E-state index in [9.17, 15) is 19.3 Å². The van der Waals surface area contributed by atoms with Crippen LogP contribution in [0.4, 0.5) is 15.8 Å². The molecule has 0 unspecified atom stereocenters. The zero-order chi connectivity index (χ0) is 20.0. The van der Waals surface area contributed by atoms with Crippen LogP contribution in [0.2, 0.25) is 0 Å². The van der Waals surface area contributed by atoms with Gasteiger partial charge >= 0.3 is 5.69 Å². The van der Waals surface area contributed by atoms with E-state index in [2.05, 4.69) is 5.32 Å². The van der Waals surface area contributed by atoms with Crippen molar-refractivity contribution < 1.29 is 23.6 Å². The second-order valence-electron chi connectivity index (χ2n) is 6.18. The van der Waals surface area contributed by atoms with Crippen molar-refractivity contribution in [3.63, 3.8) is 0 Å². The highest BCUT2D eigenvalue weighted by Crippen LogP contribution is 2.29. The Morgan fingerprint density at radius 1 is 1.19 bits per heavy atom. The van der Waals surface area contributed by atoms with Gasteiger partial charge in [-0.05, 0) is 43.2 Å².